The molecule has 0 aromatic heterocycles. The maximum absolute atomic E-state index is 14.4. The minimum Gasteiger partial charge on any atom is -0.507 e. The van der Waals surface area contributed by atoms with Gasteiger partial charge in [0.15, 0.2) is 34.7 Å². The molecule has 3 aliphatic carbocycles. The van der Waals surface area contributed by atoms with E-state index in [1.807, 2.05) is 6.07 Å². The van der Waals surface area contributed by atoms with Crippen LogP contribution in [0.1, 0.15) is 68.3 Å². The summed E-state index contributed by atoms with van der Waals surface area (Å²) in [6.07, 6.45) is 1.66. The number of carbonyl (C=O) groups is 5. The third-order valence-electron chi connectivity index (χ3n) is 11.6. The SMILES string of the molecule is CCCCOc1cc(N2CCOCC2)c(OCCCC)cc1N=Nc1ccc(O)c2c1C(C)C1C(C2=O)C(=O)C2(O)C(=O)C(C(N)=O)C(=O)C(N(C)C)C2C1O. The Morgan fingerprint density at radius 2 is 1.61 bits per heavy atom. The minimum atomic E-state index is -3.10. The summed E-state index contributed by atoms with van der Waals surface area (Å²) < 4.78 is 18.1. The first kappa shape index (κ1) is 40.9. The smallest absolute Gasteiger partial charge is 0.235 e. The van der Waals surface area contributed by atoms with Crippen molar-refractivity contribution in [3.8, 4) is 17.2 Å². The van der Waals surface area contributed by atoms with Gasteiger partial charge in [0, 0.05) is 31.1 Å². The van der Waals surface area contributed by atoms with E-state index >= 15 is 0 Å². The second kappa shape index (κ2) is 16.4. The predicted octanol–water partition coefficient (Wildman–Crippen LogP) is 3.01. The van der Waals surface area contributed by atoms with E-state index in [2.05, 4.69) is 29.0 Å². The van der Waals surface area contributed by atoms with E-state index in [0.29, 0.717) is 56.7 Å². The van der Waals surface area contributed by atoms with E-state index in [1.54, 1.807) is 13.0 Å². The summed E-state index contributed by atoms with van der Waals surface area (Å²) >= 11 is 0. The molecule has 1 saturated heterocycles. The van der Waals surface area contributed by atoms with Gasteiger partial charge in [-0.15, -0.1) is 5.11 Å². The third kappa shape index (κ3) is 6.86. The summed E-state index contributed by atoms with van der Waals surface area (Å²) in [5.74, 6) is -13.4. The van der Waals surface area contributed by atoms with Crippen LogP contribution in [-0.4, -0.2) is 121 Å². The predicted molar refractivity (Wildman–Crippen MR) is 202 cm³/mol. The first-order valence-electron chi connectivity index (χ1n) is 19.3. The molecule has 8 atom stereocenters. The van der Waals surface area contributed by atoms with Crippen LogP contribution in [0.4, 0.5) is 17.1 Å². The molecule has 1 heterocycles. The van der Waals surface area contributed by atoms with Gasteiger partial charge < -0.3 is 40.2 Å². The number of aliphatic hydroxyl groups excluding tert-OH is 1. The monoisotopic (exact) mass is 777 g/mol. The zero-order valence-corrected chi connectivity index (χ0v) is 32.4. The number of hydrogen-bond donors (Lipinski definition) is 4. The third-order valence-corrected chi connectivity index (χ3v) is 11.6. The number of phenols is 1. The molecule has 1 aliphatic heterocycles. The number of carbonyl (C=O) groups excluding carboxylic acids is 5. The normalized spacial score (nSPS) is 29.0. The van der Waals surface area contributed by atoms with Crippen molar-refractivity contribution in [1.29, 1.82) is 0 Å². The van der Waals surface area contributed by atoms with Crippen molar-refractivity contribution in [1.82, 2.24) is 4.90 Å². The van der Waals surface area contributed by atoms with Crippen LogP contribution in [0.3, 0.4) is 0 Å². The second-order valence-corrected chi connectivity index (χ2v) is 15.2. The van der Waals surface area contributed by atoms with Gasteiger partial charge in [-0.05, 0) is 50.6 Å². The number of nitrogens with two attached hydrogens (primary N) is 1. The summed E-state index contributed by atoms with van der Waals surface area (Å²) in [5, 5.41) is 44.3. The number of ketones is 4. The van der Waals surface area contributed by atoms with Crippen molar-refractivity contribution < 1.29 is 53.5 Å². The quantitative estimate of drug-likeness (QED) is 0.130. The maximum Gasteiger partial charge on any atom is 0.235 e. The van der Waals surface area contributed by atoms with Gasteiger partial charge in [0.25, 0.3) is 0 Å². The van der Waals surface area contributed by atoms with Crippen molar-refractivity contribution in [2.24, 2.45) is 39.6 Å². The molecule has 3 fully saturated rings. The topological polar surface area (TPSA) is 231 Å². The molecule has 2 aromatic rings. The number of ether oxygens (including phenoxy) is 3. The molecular weight excluding hydrogens is 726 g/mol. The van der Waals surface area contributed by atoms with Crippen LogP contribution >= 0.6 is 0 Å². The van der Waals surface area contributed by atoms with Gasteiger partial charge >= 0.3 is 0 Å². The highest BCUT2D eigenvalue weighted by Gasteiger charge is 2.73. The number of benzene rings is 2. The van der Waals surface area contributed by atoms with Gasteiger partial charge in [0.2, 0.25) is 5.91 Å². The molecule has 2 aromatic carbocycles. The van der Waals surface area contributed by atoms with E-state index in [4.69, 9.17) is 19.9 Å². The number of aromatic hydroxyl groups is 1. The fourth-order valence-corrected chi connectivity index (χ4v) is 8.79. The van der Waals surface area contributed by atoms with Gasteiger partial charge in [-0.25, -0.2) is 0 Å². The molecule has 0 bridgehead atoms. The lowest BCUT2D eigenvalue weighted by molar-refractivity contribution is -0.196. The number of unbranched alkanes of at least 4 members (excludes halogenated alkanes) is 2. The lowest BCUT2D eigenvalue weighted by Crippen LogP contribution is -2.77. The fourth-order valence-electron chi connectivity index (χ4n) is 8.79. The van der Waals surface area contributed by atoms with Gasteiger partial charge in [0.05, 0.1) is 67.3 Å². The number of phenolic OH excluding ortho intramolecular Hbond substituents is 1. The Morgan fingerprint density at radius 1 is 0.982 bits per heavy atom. The Labute approximate surface area is 325 Å². The zero-order valence-electron chi connectivity index (χ0n) is 32.4. The second-order valence-electron chi connectivity index (χ2n) is 15.2. The Bertz CT molecular complexity index is 1930. The van der Waals surface area contributed by atoms with Crippen molar-refractivity contribution in [3.05, 3.63) is 35.4 Å². The Kier molecular flexibility index (Phi) is 12.0. The summed E-state index contributed by atoms with van der Waals surface area (Å²) in [4.78, 5) is 71.8. The van der Waals surface area contributed by atoms with Gasteiger partial charge in [-0.3, -0.25) is 28.9 Å². The molecule has 5 N–H and O–H groups in total. The van der Waals surface area contributed by atoms with E-state index in [-0.39, 0.29) is 16.8 Å². The molecule has 16 nitrogen and oxygen atoms in total. The van der Waals surface area contributed by atoms with Crippen LogP contribution in [0.15, 0.2) is 34.5 Å². The van der Waals surface area contributed by atoms with Crippen molar-refractivity contribution >= 4 is 46.1 Å². The summed E-state index contributed by atoms with van der Waals surface area (Å²) in [7, 11) is 2.88. The minimum absolute atomic E-state index is 0.150. The number of primary amides is 1. The fraction of sp³-hybridized carbons (Fsp3) is 0.575. The van der Waals surface area contributed by atoms with E-state index in [0.717, 1.165) is 31.4 Å². The highest BCUT2D eigenvalue weighted by molar-refractivity contribution is 6.32. The first-order chi connectivity index (χ1) is 26.7. The summed E-state index contributed by atoms with van der Waals surface area (Å²) in [6.45, 7) is 9.06. The van der Waals surface area contributed by atoms with Crippen LogP contribution in [0.25, 0.3) is 0 Å². The number of fused-ring (bicyclic) bond motifs is 3. The molecule has 6 rings (SSSR count). The van der Waals surface area contributed by atoms with Gasteiger partial charge in [-0.1, -0.05) is 33.6 Å². The number of azo groups is 1. The van der Waals surface area contributed by atoms with Crippen LogP contribution in [-0.2, 0) is 23.9 Å². The molecule has 56 heavy (non-hydrogen) atoms. The van der Waals surface area contributed by atoms with E-state index in [1.165, 1.54) is 31.1 Å². The number of rotatable bonds is 13. The van der Waals surface area contributed by atoms with Crippen molar-refractivity contribution in [3.63, 3.8) is 0 Å². The number of Topliss-reactive ketones (excluding diaryl/α,β-unsaturated/α-hetero) is 4. The van der Waals surface area contributed by atoms with E-state index < -0.39 is 82.1 Å². The highest BCUT2D eigenvalue weighted by Crippen LogP contribution is 2.56. The molecule has 16 heteroatoms. The number of nitrogens with zero attached hydrogens (tertiary/aromatic N) is 4. The van der Waals surface area contributed by atoms with Crippen LogP contribution in [0.2, 0.25) is 0 Å². The Morgan fingerprint density at radius 3 is 2.21 bits per heavy atom. The number of morpholine rings is 1. The number of hydrogen-bond acceptors (Lipinski definition) is 15. The Hall–Kier alpha value is -4.77. The maximum atomic E-state index is 14.4. The van der Waals surface area contributed by atoms with E-state index in [9.17, 15) is 39.3 Å². The Balaban J connectivity index is 1.45. The molecule has 2 saturated carbocycles. The molecule has 0 spiro atoms. The zero-order chi connectivity index (χ0) is 40.6. The summed E-state index contributed by atoms with van der Waals surface area (Å²) in [6, 6.07) is 4.84. The largest absolute Gasteiger partial charge is 0.507 e. The lowest BCUT2D eigenvalue weighted by atomic mass is 9.49. The molecule has 4 aliphatic rings. The number of aliphatic hydroxyl groups is 2. The lowest BCUT2D eigenvalue weighted by Gasteiger charge is -2.56. The standard InChI is InChI=1S/C40H51N5O11/c1-6-8-14-55-25-19-23(45-12-16-54-17-13-45)26(56-15-9-7-2)18-22(25)43-42-21-10-11-24(46)29-27(21)20(3)28-30(34(29)47)37(50)40(53)32(35(28)48)33(44(4)5)36(49)31(38(40)51)39(41)52/h10-11,18-20,28,30-33,35,46,48,53H,6-9,12-17H2,1-5H3,(H2,41,52). The summed E-state index contributed by atoms with van der Waals surface area (Å²) in [5.41, 5.74) is 3.54. The van der Waals surface area contributed by atoms with Crippen molar-refractivity contribution in [2.75, 3.05) is 58.5 Å². The van der Waals surface area contributed by atoms with Crippen LogP contribution in [0, 0.1) is 23.7 Å². The van der Waals surface area contributed by atoms with Gasteiger partial charge in [-0.2, -0.15) is 5.11 Å². The molecule has 1 amide bonds. The molecular formula is C40H51N5O11. The number of likely N-dealkylation sites (N-methyl/N-ethyl adjacent to an activating group) is 1. The molecule has 0 radical (unpaired) electrons. The highest BCUT2D eigenvalue weighted by atomic mass is 16.5. The number of amides is 1. The van der Waals surface area contributed by atoms with Crippen molar-refractivity contribution in [2.45, 2.75) is 70.1 Å². The van der Waals surface area contributed by atoms with Crippen LogP contribution in [0.5, 0.6) is 17.2 Å². The molecule has 302 valence electrons. The van der Waals surface area contributed by atoms with Crippen LogP contribution < -0.4 is 20.1 Å². The first-order valence-corrected chi connectivity index (χ1v) is 19.3. The molecule has 8 unspecified atom stereocenters. The van der Waals surface area contributed by atoms with Gasteiger partial charge in [0.1, 0.15) is 22.9 Å². The number of anilines is 1. The average molecular weight is 778 g/mol. The average Bonchev–Trinajstić information content (AvgIpc) is 3.16.